The van der Waals surface area contributed by atoms with Crippen molar-refractivity contribution < 1.29 is 19.1 Å². The van der Waals surface area contributed by atoms with Gasteiger partial charge in [0.1, 0.15) is 12.2 Å². The second kappa shape index (κ2) is 12.1. The quantitative estimate of drug-likeness (QED) is 0.316. The number of esters is 2. The van der Waals surface area contributed by atoms with E-state index >= 15 is 0 Å². The number of hydrogen-bond donors (Lipinski definition) is 0. The maximum absolute atomic E-state index is 13.1. The van der Waals surface area contributed by atoms with E-state index in [2.05, 4.69) is 26.0 Å². The molecule has 172 valence electrons. The van der Waals surface area contributed by atoms with Gasteiger partial charge < -0.3 is 9.47 Å². The Hall–Kier alpha value is -2.10. The van der Waals surface area contributed by atoms with Crippen molar-refractivity contribution in [3.05, 3.63) is 48.0 Å². The normalized spacial score (nSPS) is 17.1. The highest BCUT2D eigenvalue weighted by atomic mass is 16.6. The van der Waals surface area contributed by atoms with Gasteiger partial charge in [-0.05, 0) is 63.9 Å². The number of allylic oxidation sites excluding steroid dienone is 2. The molecule has 31 heavy (non-hydrogen) atoms. The molecule has 1 aliphatic carbocycles. The average molecular weight is 429 g/mol. The Balaban J connectivity index is 2.16. The SMILES string of the molecule is CC(C)C[C@@H](C(=O)OCc1ccccc1)[C@H](C/C=C\C1CCCC1)C(=O)OC(C)(C)C. The van der Waals surface area contributed by atoms with Crippen molar-refractivity contribution in [2.75, 3.05) is 0 Å². The predicted octanol–water partition coefficient (Wildman–Crippen LogP) is 6.49. The van der Waals surface area contributed by atoms with Crippen molar-refractivity contribution in [1.82, 2.24) is 0 Å². The number of ether oxygens (including phenoxy) is 2. The van der Waals surface area contributed by atoms with E-state index in [0.717, 1.165) is 5.56 Å². The smallest absolute Gasteiger partial charge is 0.310 e. The molecule has 2 rings (SSSR count). The fourth-order valence-electron chi connectivity index (χ4n) is 4.14. The molecule has 1 fully saturated rings. The Bertz CT molecular complexity index is 709. The summed E-state index contributed by atoms with van der Waals surface area (Å²) < 4.78 is 11.4. The zero-order chi connectivity index (χ0) is 22.9. The molecule has 4 nitrogen and oxygen atoms in total. The molecule has 1 saturated carbocycles. The second-order valence-corrected chi connectivity index (χ2v) is 10.2. The van der Waals surface area contributed by atoms with Gasteiger partial charge >= 0.3 is 11.9 Å². The Kier molecular flexibility index (Phi) is 9.80. The zero-order valence-electron chi connectivity index (χ0n) is 19.9. The maximum atomic E-state index is 13.1. The maximum Gasteiger partial charge on any atom is 0.310 e. The molecule has 0 heterocycles. The van der Waals surface area contributed by atoms with Gasteiger partial charge in [0.15, 0.2) is 0 Å². The Morgan fingerprint density at radius 3 is 2.26 bits per heavy atom. The molecule has 0 unspecified atom stereocenters. The first-order valence-electron chi connectivity index (χ1n) is 11.8. The Morgan fingerprint density at radius 1 is 1.03 bits per heavy atom. The number of carbonyl (C=O) groups is 2. The van der Waals surface area contributed by atoms with Gasteiger partial charge in [-0.15, -0.1) is 0 Å². The highest BCUT2D eigenvalue weighted by molar-refractivity contribution is 5.82. The van der Waals surface area contributed by atoms with Crippen LogP contribution in [0.2, 0.25) is 0 Å². The van der Waals surface area contributed by atoms with Gasteiger partial charge in [-0.25, -0.2) is 0 Å². The molecule has 0 N–H and O–H groups in total. The topological polar surface area (TPSA) is 52.6 Å². The van der Waals surface area contributed by atoms with Gasteiger partial charge in [0.05, 0.1) is 11.8 Å². The van der Waals surface area contributed by atoms with E-state index < -0.39 is 17.4 Å². The van der Waals surface area contributed by atoms with Crippen molar-refractivity contribution >= 4 is 11.9 Å². The van der Waals surface area contributed by atoms with E-state index in [0.29, 0.717) is 18.8 Å². The lowest BCUT2D eigenvalue weighted by atomic mass is 9.83. The summed E-state index contributed by atoms with van der Waals surface area (Å²) in [6.45, 7) is 9.94. The molecule has 2 atom stereocenters. The lowest BCUT2D eigenvalue weighted by Crippen LogP contribution is -2.36. The van der Waals surface area contributed by atoms with Crippen molar-refractivity contribution in [2.45, 2.75) is 85.4 Å². The van der Waals surface area contributed by atoms with E-state index in [-0.39, 0.29) is 24.5 Å². The van der Waals surface area contributed by atoms with Crippen molar-refractivity contribution in [1.29, 1.82) is 0 Å². The molecule has 1 aliphatic rings. The van der Waals surface area contributed by atoms with Crippen LogP contribution < -0.4 is 0 Å². The van der Waals surface area contributed by atoms with E-state index in [9.17, 15) is 9.59 Å². The third-order valence-corrected chi connectivity index (χ3v) is 5.65. The van der Waals surface area contributed by atoms with Gasteiger partial charge in [-0.2, -0.15) is 0 Å². The van der Waals surface area contributed by atoms with Crippen LogP contribution in [0.3, 0.4) is 0 Å². The van der Waals surface area contributed by atoms with Gasteiger partial charge in [-0.3, -0.25) is 9.59 Å². The van der Waals surface area contributed by atoms with Crippen LogP contribution in [0.4, 0.5) is 0 Å². The molecule has 0 bridgehead atoms. The van der Waals surface area contributed by atoms with Gasteiger partial charge in [-0.1, -0.05) is 69.2 Å². The van der Waals surface area contributed by atoms with Crippen LogP contribution in [0.15, 0.2) is 42.5 Å². The first-order valence-corrected chi connectivity index (χ1v) is 11.8. The summed E-state index contributed by atoms with van der Waals surface area (Å²) in [7, 11) is 0. The second-order valence-electron chi connectivity index (χ2n) is 10.2. The standard InChI is InChI=1S/C27H40O4/c1-20(2)18-24(25(28)30-19-22-14-7-6-8-15-22)23(26(29)31-27(3,4)5)17-11-16-21-12-9-10-13-21/h6-8,11,14-16,20-21,23-24H,9-10,12-13,17-19H2,1-5H3/b16-11-/t23-,24+/m0/s1. The van der Waals surface area contributed by atoms with Crippen LogP contribution in [0, 0.1) is 23.7 Å². The van der Waals surface area contributed by atoms with Gasteiger partial charge in [0.2, 0.25) is 0 Å². The van der Waals surface area contributed by atoms with Crippen LogP contribution in [0.1, 0.15) is 78.7 Å². The number of carbonyl (C=O) groups excluding carboxylic acids is 2. The van der Waals surface area contributed by atoms with Crippen molar-refractivity contribution in [3.63, 3.8) is 0 Å². The predicted molar refractivity (Wildman–Crippen MR) is 124 cm³/mol. The lowest BCUT2D eigenvalue weighted by Gasteiger charge is -2.28. The minimum atomic E-state index is -0.596. The van der Waals surface area contributed by atoms with E-state index in [1.807, 2.05) is 51.1 Å². The fraction of sp³-hybridized carbons (Fsp3) is 0.630. The molecular weight excluding hydrogens is 388 g/mol. The highest BCUT2D eigenvalue weighted by Crippen LogP contribution is 2.30. The Labute approximate surface area is 188 Å². The molecule has 0 aromatic heterocycles. The largest absolute Gasteiger partial charge is 0.461 e. The van der Waals surface area contributed by atoms with Gasteiger partial charge in [0, 0.05) is 0 Å². The molecule has 0 spiro atoms. The van der Waals surface area contributed by atoms with Crippen LogP contribution >= 0.6 is 0 Å². The van der Waals surface area contributed by atoms with Crippen molar-refractivity contribution in [2.24, 2.45) is 23.7 Å². The minimum Gasteiger partial charge on any atom is -0.461 e. The summed E-state index contributed by atoms with van der Waals surface area (Å²) >= 11 is 0. The summed E-state index contributed by atoms with van der Waals surface area (Å²) in [6, 6.07) is 9.64. The molecule has 0 radical (unpaired) electrons. The lowest BCUT2D eigenvalue weighted by molar-refractivity contribution is -0.169. The highest BCUT2D eigenvalue weighted by Gasteiger charge is 2.37. The van der Waals surface area contributed by atoms with Crippen LogP contribution in [-0.2, 0) is 25.7 Å². The molecule has 0 saturated heterocycles. The third kappa shape index (κ3) is 9.28. The number of hydrogen-bond acceptors (Lipinski definition) is 4. The minimum absolute atomic E-state index is 0.215. The summed E-state index contributed by atoms with van der Waals surface area (Å²) in [5.41, 5.74) is 0.343. The van der Waals surface area contributed by atoms with E-state index in [1.54, 1.807) is 0 Å². The van der Waals surface area contributed by atoms with Crippen LogP contribution in [-0.4, -0.2) is 17.5 Å². The van der Waals surface area contributed by atoms with Gasteiger partial charge in [0.25, 0.3) is 0 Å². The first kappa shape index (κ1) is 25.2. The first-order chi connectivity index (χ1) is 14.7. The van der Waals surface area contributed by atoms with Crippen LogP contribution in [0.25, 0.3) is 0 Å². The van der Waals surface area contributed by atoms with Crippen LogP contribution in [0.5, 0.6) is 0 Å². The molecule has 1 aromatic rings. The molecule has 0 aliphatic heterocycles. The summed E-state index contributed by atoms with van der Waals surface area (Å²) in [4.78, 5) is 26.3. The average Bonchev–Trinajstić information content (AvgIpc) is 3.20. The third-order valence-electron chi connectivity index (χ3n) is 5.65. The fourth-order valence-corrected chi connectivity index (χ4v) is 4.14. The van der Waals surface area contributed by atoms with Crippen molar-refractivity contribution in [3.8, 4) is 0 Å². The molecule has 0 amide bonds. The van der Waals surface area contributed by atoms with E-state index in [4.69, 9.17) is 9.47 Å². The zero-order valence-corrected chi connectivity index (χ0v) is 19.9. The summed E-state index contributed by atoms with van der Waals surface area (Å²) in [5, 5.41) is 0. The molecule has 4 heteroatoms. The summed E-state index contributed by atoms with van der Waals surface area (Å²) in [5.74, 6) is -0.839. The number of benzene rings is 1. The Morgan fingerprint density at radius 2 is 1.68 bits per heavy atom. The molecular formula is C27H40O4. The molecule has 1 aromatic carbocycles. The number of rotatable bonds is 10. The summed E-state index contributed by atoms with van der Waals surface area (Å²) in [6.07, 6.45) is 10.4. The van der Waals surface area contributed by atoms with E-state index in [1.165, 1.54) is 25.7 Å². The monoisotopic (exact) mass is 428 g/mol.